The van der Waals surface area contributed by atoms with Gasteiger partial charge in [-0.2, -0.15) is 0 Å². The monoisotopic (exact) mass is 273 g/mol. The molecule has 0 saturated heterocycles. The van der Waals surface area contributed by atoms with Gasteiger partial charge in [0, 0.05) is 12.3 Å². The fourth-order valence-corrected chi connectivity index (χ4v) is 1.58. The topological polar surface area (TPSA) is 79.4 Å². The third kappa shape index (κ3) is 2.14. The molecule has 1 aromatic carbocycles. The molecule has 0 amide bonds. The van der Waals surface area contributed by atoms with E-state index in [9.17, 15) is 14.0 Å². The van der Waals surface area contributed by atoms with Crippen molar-refractivity contribution in [1.82, 2.24) is 4.98 Å². The van der Waals surface area contributed by atoms with E-state index < -0.39 is 22.8 Å². The summed E-state index contributed by atoms with van der Waals surface area (Å²) in [5.41, 5.74) is -0.918. The number of methoxy groups -OCH3 is 1. The van der Waals surface area contributed by atoms with E-state index in [0.29, 0.717) is 0 Å². The maximum absolute atomic E-state index is 13.2. The number of benzene rings is 1. The summed E-state index contributed by atoms with van der Waals surface area (Å²) in [6.45, 7) is 0. The van der Waals surface area contributed by atoms with Gasteiger partial charge in [0.05, 0.1) is 18.0 Å². The Labute approximate surface area is 107 Å². The fraction of sp³-hybridized carbons (Fsp3) is 0.0909. The van der Waals surface area contributed by atoms with Crippen LogP contribution in [0.2, 0.25) is 0 Å². The minimum Gasteiger partial charge on any atom is -0.494 e. The number of carboxylic acid groups (broad SMARTS) is 1. The molecule has 5 nitrogen and oxygen atoms in total. The molecular formula is C11H9ClFNO4. The molecule has 0 aliphatic rings. The highest BCUT2D eigenvalue weighted by Crippen LogP contribution is 2.23. The second kappa shape index (κ2) is 5.05. The van der Waals surface area contributed by atoms with Crippen LogP contribution in [0, 0.1) is 5.82 Å². The van der Waals surface area contributed by atoms with Gasteiger partial charge in [0.25, 0.3) is 0 Å². The van der Waals surface area contributed by atoms with Crippen LogP contribution in [0.3, 0.4) is 0 Å². The van der Waals surface area contributed by atoms with Crippen molar-refractivity contribution in [3.05, 3.63) is 39.9 Å². The number of aromatic nitrogens is 1. The fourth-order valence-electron chi connectivity index (χ4n) is 1.58. The van der Waals surface area contributed by atoms with Crippen LogP contribution in [0.1, 0.15) is 10.4 Å². The predicted molar refractivity (Wildman–Crippen MR) is 65.3 cm³/mol. The molecule has 0 fully saturated rings. The van der Waals surface area contributed by atoms with Gasteiger partial charge >= 0.3 is 5.97 Å². The normalized spacial score (nSPS) is 9.89. The van der Waals surface area contributed by atoms with Gasteiger partial charge in [0.15, 0.2) is 0 Å². The molecule has 18 heavy (non-hydrogen) atoms. The highest BCUT2D eigenvalue weighted by Gasteiger charge is 2.14. The number of carboxylic acids is 1. The Morgan fingerprint density at radius 1 is 1.44 bits per heavy atom. The molecule has 7 heteroatoms. The Hall–Kier alpha value is -2.08. The molecule has 0 aliphatic heterocycles. The molecule has 2 N–H and O–H groups in total. The number of fused-ring (bicyclic) bond motifs is 1. The molecule has 0 atom stereocenters. The number of H-pyrrole nitrogens is 1. The first kappa shape index (κ1) is 14.0. The molecule has 1 heterocycles. The van der Waals surface area contributed by atoms with Crippen LogP contribution in [-0.2, 0) is 0 Å². The van der Waals surface area contributed by atoms with Gasteiger partial charge in [0.2, 0.25) is 5.43 Å². The zero-order valence-corrected chi connectivity index (χ0v) is 10.0. The van der Waals surface area contributed by atoms with Gasteiger partial charge in [-0.1, -0.05) is 0 Å². The lowest BCUT2D eigenvalue weighted by atomic mass is 10.1. The van der Waals surface area contributed by atoms with Gasteiger partial charge in [-0.3, -0.25) is 4.79 Å². The zero-order chi connectivity index (χ0) is 12.6. The van der Waals surface area contributed by atoms with Crippen molar-refractivity contribution in [2.24, 2.45) is 0 Å². The van der Waals surface area contributed by atoms with Crippen molar-refractivity contribution in [3.8, 4) is 5.75 Å². The highest BCUT2D eigenvalue weighted by atomic mass is 35.5. The summed E-state index contributed by atoms with van der Waals surface area (Å²) >= 11 is 0. The molecule has 0 radical (unpaired) electrons. The Morgan fingerprint density at radius 3 is 2.67 bits per heavy atom. The van der Waals surface area contributed by atoms with Crippen LogP contribution in [-0.4, -0.2) is 23.2 Å². The lowest BCUT2D eigenvalue weighted by Crippen LogP contribution is -2.15. The summed E-state index contributed by atoms with van der Waals surface area (Å²) in [7, 11) is 1.33. The van der Waals surface area contributed by atoms with E-state index in [1.165, 1.54) is 7.11 Å². The second-order valence-electron chi connectivity index (χ2n) is 3.37. The third-order valence-corrected chi connectivity index (χ3v) is 2.37. The first-order valence-electron chi connectivity index (χ1n) is 4.67. The maximum atomic E-state index is 13.2. The summed E-state index contributed by atoms with van der Waals surface area (Å²) in [6.07, 6.45) is 1.06. The maximum Gasteiger partial charge on any atom is 0.341 e. The van der Waals surface area contributed by atoms with Crippen molar-refractivity contribution in [3.63, 3.8) is 0 Å². The van der Waals surface area contributed by atoms with Crippen molar-refractivity contribution in [2.45, 2.75) is 0 Å². The number of hydrogen-bond acceptors (Lipinski definition) is 3. The molecule has 96 valence electrons. The number of hydrogen-bond donors (Lipinski definition) is 2. The first-order chi connectivity index (χ1) is 8.04. The van der Waals surface area contributed by atoms with E-state index in [1.54, 1.807) is 0 Å². The van der Waals surface area contributed by atoms with Crippen molar-refractivity contribution >= 4 is 29.3 Å². The van der Waals surface area contributed by atoms with E-state index in [0.717, 1.165) is 18.3 Å². The molecule has 2 rings (SSSR count). The van der Waals surface area contributed by atoms with Crippen molar-refractivity contribution in [1.29, 1.82) is 0 Å². The van der Waals surface area contributed by atoms with Gasteiger partial charge in [0.1, 0.15) is 17.1 Å². The Bertz CT molecular complexity index is 668. The van der Waals surface area contributed by atoms with Crippen LogP contribution < -0.4 is 10.2 Å². The lowest BCUT2D eigenvalue weighted by Gasteiger charge is -2.06. The molecular weight excluding hydrogens is 265 g/mol. The standard InChI is InChI=1S/C11H8FNO4.ClH/c1-17-8-3-5(12)2-6-9(8)13-4-7(10(6)14)11(15)16;/h2-4H,1H3,(H,13,14)(H,15,16);1H. The number of pyridine rings is 1. The molecule has 2 aromatic rings. The average Bonchev–Trinajstić information content (AvgIpc) is 2.28. The van der Waals surface area contributed by atoms with Crippen LogP contribution in [0.15, 0.2) is 23.1 Å². The molecule has 1 aromatic heterocycles. The highest BCUT2D eigenvalue weighted by molar-refractivity contribution is 5.93. The summed E-state index contributed by atoms with van der Waals surface area (Å²) in [5, 5.41) is 8.72. The van der Waals surface area contributed by atoms with Crippen molar-refractivity contribution < 1.29 is 19.0 Å². The van der Waals surface area contributed by atoms with E-state index >= 15 is 0 Å². The Morgan fingerprint density at radius 2 is 2.11 bits per heavy atom. The predicted octanol–water partition coefficient (Wildman–Crippen LogP) is 1.80. The average molecular weight is 274 g/mol. The first-order valence-corrected chi connectivity index (χ1v) is 4.67. The minimum absolute atomic E-state index is 0. The smallest absolute Gasteiger partial charge is 0.341 e. The number of aromatic carboxylic acids is 1. The minimum atomic E-state index is -1.36. The van der Waals surface area contributed by atoms with E-state index in [1.807, 2.05) is 0 Å². The van der Waals surface area contributed by atoms with Gasteiger partial charge < -0.3 is 14.8 Å². The van der Waals surface area contributed by atoms with Gasteiger partial charge in [-0.05, 0) is 6.07 Å². The summed E-state index contributed by atoms with van der Waals surface area (Å²) in [6, 6.07) is 2.09. The lowest BCUT2D eigenvalue weighted by molar-refractivity contribution is 0.0695. The summed E-state index contributed by atoms with van der Waals surface area (Å²) in [5.74, 6) is -1.88. The Kier molecular flexibility index (Phi) is 3.93. The number of aromatic amines is 1. The van der Waals surface area contributed by atoms with E-state index in [2.05, 4.69) is 4.98 Å². The van der Waals surface area contributed by atoms with E-state index in [-0.39, 0.29) is 29.1 Å². The van der Waals surface area contributed by atoms with Crippen LogP contribution in [0.5, 0.6) is 5.75 Å². The molecule has 0 aliphatic carbocycles. The molecule has 0 spiro atoms. The molecule has 0 bridgehead atoms. The van der Waals surface area contributed by atoms with Crippen LogP contribution in [0.25, 0.3) is 10.9 Å². The summed E-state index contributed by atoms with van der Waals surface area (Å²) < 4.78 is 18.1. The zero-order valence-electron chi connectivity index (χ0n) is 9.19. The molecule has 0 unspecified atom stereocenters. The van der Waals surface area contributed by atoms with Gasteiger partial charge in [-0.15, -0.1) is 12.4 Å². The van der Waals surface area contributed by atoms with Crippen LogP contribution >= 0.6 is 12.4 Å². The SMILES string of the molecule is COc1cc(F)cc2c(=O)c(C(=O)O)c[nH]c12.Cl. The number of nitrogens with one attached hydrogen (secondary N) is 1. The van der Waals surface area contributed by atoms with Gasteiger partial charge in [-0.25, -0.2) is 9.18 Å². The summed E-state index contributed by atoms with van der Waals surface area (Å²) in [4.78, 5) is 25.1. The number of ether oxygens (including phenoxy) is 1. The van der Waals surface area contributed by atoms with E-state index in [4.69, 9.17) is 9.84 Å². The largest absolute Gasteiger partial charge is 0.494 e. The number of carbonyl (C=O) groups is 1. The third-order valence-electron chi connectivity index (χ3n) is 2.37. The molecule has 0 saturated carbocycles. The second-order valence-corrected chi connectivity index (χ2v) is 3.37. The number of rotatable bonds is 2. The Balaban J connectivity index is 0.00000162. The number of halogens is 2. The van der Waals surface area contributed by atoms with Crippen LogP contribution in [0.4, 0.5) is 4.39 Å². The quantitative estimate of drug-likeness (QED) is 0.874. The van der Waals surface area contributed by atoms with Crippen molar-refractivity contribution in [2.75, 3.05) is 7.11 Å².